The molecule has 0 bridgehead atoms. The van der Waals surface area contributed by atoms with Gasteiger partial charge in [-0.25, -0.2) is 8.78 Å². The van der Waals surface area contributed by atoms with E-state index < -0.39 is 11.6 Å². The average Bonchev–Trinajstić information content (AvgIpc) is 2.81. The van der Waals surface area contributed by atoms with Gasteiger partial charge in [0.1, 0.15) is 0 Å². The first-order chi connectivity index (χ1) is 16.4. The van der Waals surface area contributed by atoms with Crippen molar-refractivity contribution in [3.05, 3.63) is 42.0 Å². The zero-order valence-electron chi connectivity index (χ0n) is 20.1. The number of likely N-dealkylation sites (N-methyl/N-ethyl adjacent to an activating group) is 2. The SMILES string of the molecule is CCN(CCN(C)CC(=O)N1CCN(C2CCC2)CC1)c1ccc(-c2ccc(F)c(F)c2)nn1. The van der Waals surface area contributed by atoms with Crippen LogP contribution in [0.1, 0.15) is 26.2 Å². The first kappa shape index (κ1) is 24.5. The molecule has 0 atom stereocenters. The van der Waals surface area contributed by atoms with Gasteiger partial charge in [-0.3, -0.25) is 14.6 Å². The second-order valence-electron chi connectivity index (χ2n) is 9.22. The summed E-state index contributed by atoms with van der Waals surface area (Å²) in [5, 5.41) is 8.48. The van der Waals surface area contributed by atoms with Crippen LogP contribution in [-0.2, 0) is 4.79 Å². The van der Waals surface area contributed by atoms with Gasteiger partial charge >= 0.3 is 0 Å². The highest BCUT2D eigenvalue weighted by Crippen LogP contribution is 2.25. The normalized spacial score (nSPS) is 17.1. The number of aromatic nitrogens is 2. The number of rotatable bonds is 9. The van der Waals surface area contributed by atoms with E-state index in [4.69, 9.17) is 0 Å². The summed E-state index contributed by atoms with van der Waals surface area (Å²) in [4.78, 5) is 21.4. The van der Waals surface area contributed by atoms with Crippen LogP contribution in [0.4, 0.5) is 14.6 Å². The molecule has 1 aromatic heterocycles. The molecule has 0 N–H and O–H groups in total. The number of anilines is 1. The molecule has 9 heteroatoms. The fourth-order valence-corrected chi connectivity index (χ4v) is 4.53. The van der Waals surface area contributed by atoms with Crippen molar-refractivity contribution < 1.29 is 13.6 Å². The second kappa shape index (κ2) is 11.2. The summed E-state index contributed by atoms with van der Waals surface area (Å²) in [6.07, 6.45) is 3.96. The molecule has 1 aromatic carbocycles. The highest BCUT2D eigenvalue weighted by atomic mass is 19.2. The fraction of sp³-hybridized carbons (Fsp3) is 0.560. The van der Waals surface area contributed by atoms with E-state index in [0.717, 1.165) is 50.9 Å². The van der Waals surface area contributed by atoms with Gasteiger partial charge in [0.05, 0.1) is 12.2 Å². The number of carbonyl (C=O) groups is 1. The molecule has 2 fully saturated rings. The van der Waals surface area contributed by atoms with E-state index in [1.54, 1.807) is 6.07 Å². The Hall–Kier alpha value is -2.65. The molecule has 34 heavy (non-hydrogen) atoms. The Morgan fingerprint density at radius 2 is 1.79 bits per heavy atom. The monoisotopic (exact) mass is 472 g/mol. The summed E-state index contributed by atoms with van der Waals surface area (Å²) >= 11 is 0. The molecule has 2 heterocycles. The van der Waals surface area contributed by atoms with Gasteiger partial charge in [-0.1, -0.05) is 6.42 Å². The first-order valence-corrected chi connectivity index (χ1v) is 12.2. The third-order valence-corrected chi connectivity index (χ3v) is 6.99. The number of piperazine rings is 1. The van der Waals surface area contributed by atoms with Crippen molar-refractivity contribution in [2.24, 2.45) is 0 Å². The maximum atomic E-state index is 13.5. The molecule has 0 radical (unpaired) electrons. The molecular formula is C25H34F2N6O. The topological polar surface area (TPSA) is 55.8 Å². The molecule has 1 aliphatic carbocycles. The second-order valence-corrected chi connectivity index (χ2v) is 9.22. The van der Waals surface area contributed by atoms with Crippen molar-refractivity contribution >= 4 is 11.7 Å². The van der Waals surface area contributed by atoms with Gasteiger partial charge in [-0.2, -0.15) is 0 Å². The molecule has 184 valence electrons. The number of halogens is 2. The molecule has 4 rings (SSSR count). The van der Waals surface area contributed by atoms with Crippen LogP contribution in [0, 0.1) is 11.6 Å². The number of amides is 1. The van der Waals surface area contributed by atoms with Crippen LogP contribution in [-0.4, -0.2) is 96.3 Å². The van der Waals surface area contributed by atoms with Crippen LogP contribution in [0.15, 0.2) is 30.3 Å². The van der Waals surface area contributed by atoms with Crippen LogP contribution in [0.2, 0.25) is 0 Å². The lowest BCUT2D eigenvalue weighted by atomic mass is 9.91. The van der Waals surface area contributed by atoms with E-state index in [9.17, 15) is 13.6 Å². The zero-order valence-corrected chi connectivity index (χ0v) is 20.1. The lowest BCUT2D eigenvalue weighted by Gasteiger charge is -2.43. The van der Waals surface area contributed by atoms with Crippen LogP contribution in [0.5, 0.6) is 0 Å². The molecular weight excluding hydrogens is 438 g/mol. The Bertz CT molecular complexity index is 960. The minimum Gasteiger partial charge on any atom is -0.354 e. The molecule has 1 saturated heterocycles. The molecule has 7 nitrogen and oxygen atoms in total. The Balaban J connectivity index is 1.24. The minimum atomic E-state index is -0.906. The Morgan fingerprint density at radius 3 is 2.38 bits per heavy atom. The van der Waals surface area contributed by atoms with Gasteiger partial charge in [0.25, 0.3) is 0 Å². The standard InChI is InChI=1S/C25H34F2N6O/c1-3-31(24-10-9-23(28-29-24)19-7-8-21(26)22(27)17-19)12-11-30(2)18-25(34)33-15-13-32(14-16-33)20-5-4-6-20/h7-10,17,20H,3-6,11-16,18H2,1-2H3. The number of hydrogen-bond donors (Lipinski definition) is 0. The van der Waals surface area contributed by atoms with Gasteiger partial charge in [-0.05, 0) is 57.1 Å². The molecule has 1 amide bonds. The number of nitrogens with zero attached hydrogens (tertiary/aromatic N) is 6. The average molecular weight is 473 g/mol. The van der Waals surface area contributed by atoms with Crippen LogP contribution < -0.4 is 4.90 Å². The first-order valence-electron chi connectivity index (χ1n) is 12.2. The van der Waals surface area contributed by atoms with Gasteiger partial charge < -0.3 is 9.80 Å². The summed E-state index contributed by atoms with van der Waals surface area (Å²) in [6, 6.07) is 8.03. The van der Waals surface area contributed by atoms with Crippen molar-refractivity contribution in [3.8, 4) is 11.3 Å². The predicted octanol–water partition coefficient (Wildman–Crippen LogP) is 2.88. The highest BCUT2D eigenvalue weighted by molar-refractivity contribution is 5.78. The van der Waals surface area contributed by atoms with Crippen molar-refractivity contribution in [2.45, 2.75) is 32.2 Å². The molecule has 1 aliphatic heterocycles. The van der Waals surface area contributed by atoms with Gasteiger partial charge in [0, 0.05) is 57.4 Å². The molecule has 2 aliphatic rings. The largest absolute Gasteiger partial charge is 0.354 e. The molecule has 1 saturated carbocycles. The number of carbonyl (C=O) groups excluding carboxylic acids is 1. The van der Waals surface area contributed by atoms with Crippen molar-refractivity contribution in [3.63, 3.8) is 0 Å². The van der Waals surface area contributed by atoms with E-state index in [2.05, 4.69) is 20.0 Å². The summed E-state index contributed by atoms with van der Waals surface area (Å²) in [5.41, 5.74) is 0.964. The summed E-state index contributed by atoms with van der Waals surface area (Å²) in [6.45, 7) is 8.23. The Labute approximate surface area is 200 Å². The number of hydrogen-bond acceptors (Lipinski definition) is 6. The van der Waals surface area contributed by atoms with E-state index in [1.807, 2.05) is 29.8 Å². The van der Waals surface area contributed by atoms with Crippen LogP contribution in [0.3, 0.4) is 0 Å². The molecule has 0 spiro atoms. The minimum absolute atomic E-state index is 0.189. The van der Waals surface area contributed by atoms with Gasteiger partial charge in [-0.15, -0.1) is 10.2 Å². The van der Waals surface area contributed by atoms with E-state index in [0.29, 0.717) is 36.7 Å². The number of benzene rings is 1. The molecule has 2 aromatic rings. The van der Waals surface area contributed by atoms with Gasteiger partial charge in [0.2, 0.25) is 5.91 Å². The molecule has 0 unspecified atom stereocenters. The van der Waals surface area contributed by atoms with E-state index in [1.165, 1.54) is 25.3 Å². The van der Waals surface area contributed by atoms with Crippen LogP contribution >= 0.6 is 0 Å². The highest BCUT2D eigenvalue weighted by Gasteiger charge is 2.29. The lowest BCUT2D eigenvalue weighted by Crippen LogP contribution is -2.55. The summed E-state index contributed by atoms with van der Waals surface area (Å²) < 4.78 is 26.7. The van der Waals surface area contributed by atoms with Crippen molar-refractivity contribution in [2.75, 3.05) is 64.3 Å². The van der Waals surface area contributed by atoms with Crippen LogP contribution in [0.25, 0.3) is 11.3 Å². The predicted molar refractivity (Wildman–Crippen MR) is 129 cm³/mol. The maximum absolute atomic E-state index is 13.5. The smallest absolute Gasteiger partial charge is 0.236 e. The van der Waals surface area contributed by atoms with E-state index >= 15 is 0 Å². The zero-order chi connectivity index (χ0) is 24.1. The van der Waals surface area contributed by atoms with Crippen molar-refractivity contribution in [1.82, 2.24) is 24.9 Å². The quantitative estimate of drug-likeness (QED) is 0.560. The maximum Gasteiger partial charge on any atom is 0.236 e. The Morgan fingerprint density at radius 1 is 1.03 bits per heavy atom. The fourth-order valence-electron chi connectivity index (χ4n) is 4.53. The van der Waals surface area contributed by atoms with Crippen molar-refractivity contribution in [1.29, 1.82) is 0 Å². The summed E-state index contributed by atoms with van der Waals surface area (Å²) in [5.74, 6) is -0.893. The lowest BCUT2D eigenvalue weighted by molar-refractivity contribution is -0.134. The van der Waals surface area contributed by atoms with E-state index in [-0.39, 0.29) is 5.91 Å². The third kappa shape index (κ3) is 5.88. The summed E-state index contributed by atoms with van der Waals surface area (Å²) in [7, 11) is 1.97. The van der Waals surface area contributed by atoms with Gasteiger partial charge in [0.15, 0.2) is 17.5 Å². The Kier molecular flexibility index (Phi) is 8.05. The third-order valence-electron chi connectivity index (χ3n) is 6.99.